The van der Waals surface area contributed by atoms with Gasteiger partial charge in [-0.05, 0) is 42.0 Å². The first-order valence-corrected chi connectivity index (χ1v) is 8.41. The van der Waals surface area contributed by atoms with Gasteiger partial charge in [0, 0.05) is 31.4 Å². The number of nitrogen functional groups attached to an aromatic ring is 1. The van der Waals surface area contributed by atoms with Crippen LogP contribution in [0.2, 0.25) is 0 Å². The van der Waals surface area contributed by atoms with Crippen molar-refractivity contribution in [3.05, 3.63) is 22.4 Å². The topological polar surface area (TPSA) is 66.6 Å². The lowest BCUT2D eigenvalue weighted by Crippen LogP contribution is -2.52. The largest absolute Gasteiger partial charge is 0.399 e. The van der Waals surface area contributed by atoms with Crippen LogP contribution in [-0.2, 0) is 10.0 Å². The van der Waals surface area contributed by atoms with E-state index >= 15 is 0 Å². The molecule has 1 aliphatic rings. The van der Waals surface area contributed by atoms with Crippen LogP contribution in [0.25, 0.3) is 0 Å². The molecule has 20 heavy (non-hydrogen) atoms. The second-order valence-electron chi connectivity index (χ2n) is 5.04. The van der Waals surface area contributed by atoms with Gasteiger partial charge in [-0.25, -0.2) is 12.8 Å². The lowest BCUT2D eigenvalue weighted by molar-refractivity contribution is 0.170. The predicted octanol–water partition coefficient (Wildman–Crippen LogP) is 1.50. The molecule has 1 aliphatic heterocycles. The van der Waals surface area contributed by atoms with Crippen LogP contribution >= 0.6 is 15.9 Å². The van der Waals surface area contributed by atoms with E-state index in [1.54, 1.807) is 0 Å². The van der Waals surface area contributed by atoms with Gasteiger partial charge in [-0.15, -0.1) is 0 Å². The molecule has 0 amide bonds. The molecule has 112 valence electrons. The van der Waals surface area contributed by atoms with Crippen molar-refractivity contribution < 1.29 is 12.8 Å². The Bertz CT molecular complexity index is 623. The molecule has 0 radical (unpaired) electrons. The highest BCUT2D eigenvalue weighted by atomic mass is 79.9. The summed E-state index contributed by atoms with van der Waals surface area (Å²) >= 11 is 2.99. The van der Waals surface area contributed by atoms with Gasteiger partial charge in [0.2, 0.25) is 10.0 Å². The van der Waals surface area contributed by atoms with Crippen LogP contribution in [0.15, 0.2) is 21.5 Å². The first-order valence-electron chi connectivity index (χ1n) is 6.18. The van der Waals surface area contributed by atoms with Crippen molar-refractivity contribution in [2.75, 3.05) is 32.4 Å². The third-order valence-electron chi connectivity index (χ3n) is 3.37. The summed E-state index contributed by atoms with van der Waals surface area (Å²) in [5.74, 6) is -0.801. The number of anilines is 1. The van der Waals surface area contributed by atoms with Crippen LogP contribution in [0.3, 0.4) is 0 Å². The van der Waals surface area contributed by atoms with E-state index in [-0.39, 0.29) is 21.1 Å². The molecule has 0 bridgehead atoms. The molecule has 5 nitrogen and oxygen atoms in total. The Hall–Kier alpha value is -0.700. The third-order valence-corrected chi connectivity index (χ3v) is 5.96. The fourth-order valence-corrected chi connectivity index (χ4v) is 4.72. The Balaban J connectivity index is 2.46. The number of halogens is 2. The Kier molecular flexibility index (Phi) is 4.38. The minimum absolute atomic E-state index is 0.0536. The molecule has 2 rings (SSSR count). The molecule has 0 aliphatic carbocycles. The van der Waals surface area contributed by atoms with Gasteiger partial charge in [0.1, 0.15) is 4.90 Å². The Morgan fingerprint density at radius 3 is 2.65 bits per heavy atom. The van der Waals surface area contributed by atoms with E-state index < -0.39 is 15.8 Å². The monoisotopic (exact) mass is 365 g/mol. The van der Waals surface area contributed by atoms with Crippen molar-refractivity contribution in [2.24, 2.45) is 0 Å². The van der Waals surface area contributed by atoms with Crippen molar-refractivity contribution in [2.45, 2.75) is 17.9 Å². The number of likely N-dealkylation sites (N-methyl/N-ethyl adjacent to an activating group) is 1. The molecule has 0 aromatic heterocycles. The van der Waals surface area contributed by atoms with Crippen LogP contribution in [0.5, 0.6) is 0 Å². The first-order chi connectivity index (χ1) is 9.23. The maximum Gasteiger partial charge on any atom is 0.246 e. The second-order valence-corrected chi connectivity index (χ2v) is 7.76. The molecule has 1 unspecified atom stereocenters. The van der Waals surface area contributed by atoms with Crippen molar-refractivity contribution in [3.63, 3.8) is 0 Å². The quantitative estimate of drug-likeness (QED) is 0.806. The Labute approximate surface area is 126 Å². The van der Waals surface area contributed by atoms with E-state index in [0.717, 1.165) is 0 Å². The van der Waals surface area contributed by atoms with E-state index in [0.29, 0.717) is 19.6 Å². The molecule has 0 spiro atoms. The van der Waals surface area contributed by atoms with Gasteiger partial charge in [0.05, 0.1) is 4.47 Å². The number of hydrogen-bond acceptors (Lipinski definition) is 4. The van der Waals surface area contributed by atoms with Crippen LogP contribution < -0.4 is 5.73 Å². The molecule has 1 saturated heterocycles. The molecular weight excluding hydrogens is 349 g/mol. The van der Waals surface area contributed by atoms with Crippen molar-refractivity contribution >= 4 is 31.6 Å². The number of nitrogens with zero attached hydrogens (tertiary/aromatic N) is 2. The third kappa shape index (κ3) is 2.83. The maximum atomic E-state index is 14.1. The molecule has 0 saturated carbocycles. The normalized spacial score (nSPS) is 22.1. The average Bonchev–Trinajstić information content (AvgIpc) is 2.33. The van der Waals surface area contributed by atoms with Gasteiger partial charge >= 0.3 is 0 Å². The minimum atomic E-state index is -3.89. The van der Waals surface area contributed by atoms with E-state index in [2.05, 4.69) is 15.9 Å². The molecule has 1 heterocycles. The van der Waals surface area contributed by atoms with Crippen molar-refractivity contribution in [1.29, 1.82) is 0 Å². The molecule has 1 atom stereocenters. The fraction of sp³-hybridized carbons (Fsp3) is 0.500. The highest BCUT2D eigenvalue weighted by molar-refractivity contribution is 9.10. The van der Waals surface area contributed by atoms with Gasteiger partial charge in [-0.3, -0.25) is 0 Å². The summed E-state index contributed by atoms with van der Waals surface area (Å²) in [6.45, 7) is 3.39. The lowest BCUT2D eigenvalue weighted by atomic mass is 10.2. The minimum Gasteiger partial charge on any atom is -0.399 e. The smallest absolute Gasteiger partial charge is 0.246 e. The summed E-state index contributed by atoms with van der Waals surface area (Å²) < 4.78 is 40.7. The van der Waals surface area contributed by atoms with Gasteiger partial charge in [-0.1, -0.05) is 0 Å². The van der Waals surface area contributed by atoms with Gasteiger partial charge in [-0.2, -0.15) is 4.31 Å². The van der Waals surface area contributed by atoms with Gasteiger partial charge in [0.25, 0.3) is 0 Å². The summed E-state index contributed by atoms with van der Waals surface area (Å²) in [5, 5.41) is 0. The van der Waals surface area contributed by atoms with E-state index in [1.165, 1.54) is 16.4 Å². The number of rotatable bonds is 2. The van der Waals surface area contributed by atoms with E-state index in [1.807, 2.05) is 18.9 Å². The number of benzene rings is 1. The first kappa shape index (κ1) is 15.7. The summed E-state index contributed by atoms with van der Waals surface area (Å²) in [5.41, 5.74) is 5.83. The number of sulfonamides is 1. The van der Waals surface area contributed by atoms with E-state index in [9.17, 15) is 12.8 Å². The zero-order chi connectivity index (χ0) is 15.1. The molecule has 8 heteroatoms. The molecular formula is C12H17BrFN3O2S. The number of hydrogen-bond donors (Lipinski definition) is 1. The molecule has 1 aromatic carbocycles. The van der Waals surface area contributed by atoms with Crippen LogP contribution in [0.1, 0.15) is 6.92 Å². The highest BCUT2D eigenvalue weighted by Gasteiger charge is 2.35. The van der Waals surface area contributed by atoms with Crippen LogP contribution in [0.4, 0.5) is 10.1 Å². The zero-order valence-electron chi connectivity index (χ0n) is 11.3. The standard InChI is InChI=1S/C12H17BrFN3O2S/c1-8-7-16(2)3-4-17(8)20(18,19)11-6-9(15)5-10(13)12(11)14/h5-6,8H,3-4,7,15H2,1-2H3. The molecule has 2 N–H and O–H groups in total. The van der Waals surface area contributed by atoms with Gasteiger partial charge < -0.3 is 10.6 Å². The Morgan fingerprint density at radius 2 is 2.05 bits per heavy atom. The number of piperazine rings is 1. The van der Waals surface area contributed by atoms with Gasteiger partial charge in [0.15, 0.2) is 5.82 Å². The van der Waals surface area contributed by atoms with Crippen LogP contribution in [0, 0.1) is 5.82 Å². The maximum absolute atomic E-state index is 14.1. The van der Waals surface area contributed by atoms with E-state index in [4.69, 9.17) is 5.73 Å². The lowest BCUT2D eigenvalue weighted by Gasteiger charge is -2.37. The zero-order valence-corrected chi connectivity index (χ0v) is 13.7. The summed E-state index contributed by atoms with van der Waals surface area (Å²) in [7, 11) is -1.96. The SMILES string of the molecule is CC1CN(C)CCN1S(=O)(=O)c1cc(N)cc(Br)c1F. The predicted molar refractivity (Wildman–Crippen MR) is 79.4 cm³/mol. The second kappa shape index (κ2) is 5.59. The Morgan fingerprint density at radius 1 is 1.40 bits per heavy atom. The van der Waals surface area contributed by atoms with Crippen LogP contribution in [-0.4, -0.2) is 50.3 Å². The fourth-order valence-electron chi connectivity index (χ4n) is 2.38. The summed E-state index contributed by atoms with van der Waals surface area (Å²) in [4.78, 5) is 1.67. The summed E-state index contributed by atoms with van der Waals surface area (Å²) in [6.07, 6.45) is 0. The number of nitrogens with two attached hydrogens (primary N) is 1. The average molecular weight is 366 g/mol. The highest BCUT2D eigenvalue weighted by Crippen LogP contribution is 2.29. The molecule has 1 fully saturated rings. The van der Waals surface area contributed by atoms with Crippen molar-refractivity contribution in [1.82, 2.24) is 9.21 Å². The summed E-state index contributed by atoms with van der Waals surface area (Å²) in [6, 6.07) is 2.31. The van der Waals surface area contributed by atoms with Crippen molar-refractivity contribution in [3.8, 4) is 0 Å². The molecule has 1 aromatic rings.